The Morgan fingerprint density at radius 2 is 2.07 bits per heavy atom. The number of hydrogen-bond acceptors (Lipinski definition) is 5. The van der Waals surface area contributed by atoms with Crippen LogP contribution in [0, 0.1) is 5.82 Å². The van der Waals surface area contributed by atoms with Gasteiger partial charge in [0.05, 0.1) is 17.4 Å². The van der Waals surface area contributed by atoms with Gasteiger partial charge in [0.2, 0.25) is 0 Å². The fourth-order valence-electron chi connectivity index (χ4n) is 2.51. The largest absolute Gasteiger partial charge is 0.481 e. The number of nitrogens with zero attached hydrogens (tertiary/aromatic N) is 1. The summed E-state index contributed by atoms with van der Waals surface area (Å²) < 4.78 is 18.7. The number of furan rings is 1. The van der Waals surface area contributed by atoms with E-state index in [9.17, 15) is 14.0 Å². The van der Waals surface area contributed by atoms with Gasteiger partial charge in [-0.2, -0.15) is 0 Å². The zero-order valence-electron chi connectivity index (χ0n) is 14.4. The Labute approximate surface area is 159 Å². The number of benzene rings is 1. The molecule has 2 N–H and O–H groups in total. The maximum absolute atomic E-state index is 13.1. The van der Waals surface area contributed by atoms with Gasteiger partial charge in [-0.25, -0.2) is 4.39 Å². The maximum Gasteiger partial charge on any atom is 0.305 e. The van der Waals surface area contributed by atoms with Crippen molar-refractivity contribution in [1.82, 2.24) is 5.32 Å². The second-order valence-electron chi connectivity index (χ2n) is 5.82. The lowest BCUT2D eigenvalue weighted by molar-refractivity contribution is -0.137. The van der Waals surface area contributed by atoms with Crippen LogP contribution in [0.1, 0.15) is 36.5 Å². The van der Waals surface area contributed by atoms with Crippen molar-refractivity contribution in [3.8, 4) is 0 Å². The molecule has 1 amide bonds. The predicted octanol–water partition coefficient (Wildman–Crippen LogP) is 3.76. The number of carbonyl (C=O) groups excluding carboxylic acids is 1. The monoisotopic (exact) mass is 388 g/mol. The molecule has 8 heteroatoms. The summed E-state index contributed by atoms with van der Waals surface area (Å²) in [6.45, 7) is 1.97. The first-order chi connectivity index (χ1) is 12.9. The lowest BCUT2D eigenvalue weighted by Gasteiger charge is -2.11. The van der Waals surface area contributed by atoms with Crippen molar-refractivity contribution in [3.63, 3.8) is 0 Å². The van der Waals surface area contributed by atoms with E-state index in [2.05, 4.69) is 10.3 Å². The molecule has 1 aromatic carbocycles. The number of thioether (sulfide) groups is 1. The number of aliphatic carboxylic acids is 1. The first-order valence-corrected chi connectivity index (χ1v) is 9.11. The van der Waals surface area contributed by atoms with Crippen molar-refractivity contribution in [2.45, 2.75) is 25.8 Å². The van der Waals surface area contributed by atoms with Crippen LogP contribution in [0.3, 0.4) is 0 Å². The number of carboxylic acids is 1. The Hall–Kier alpha value is -2.87. The van der Waals surface area contributed by atoms with Gasteiger partial charge in [0.1, 0.15) is 17.3 Å². The van der Waals surface area contributed by atoms with Gasteiger partial charge in [0.15, 0.2) is 5.17 Å². The minimum absolute atomic E-state index is 0.275. The van der Waals surface area contributed by atoms with E-state index in [0.29, 0.717) is 21.4 Å². The van der Waals surface area contributed by atoms with Crippen LogP contribution < -0.4 is 5.32 Å². The highest BCUT2D eigenvalue weighted by molar-refractivity contribution is 8.18. The number of carboxylic acid groups (broad SMARTS) is 1. The predicted molar refractivity (Wildman–Crippen MR) is 101 cm³/mol. The molecular weight excluding hydrogens is 371 g/mol. The highest BCUT2D eigenvalue weighted by atomic mass is 32.2. The molecule has 3 rings (SSSR count). The average molecular weight is 388 g/mol. The summed E-state index contributed by atoms with van der Waals surface area (Å²) in [6, 6.07) is 8.36. The molecule has 2 aromatic rings. The first kappa shape index (κ1) is 18.9. The number of halogens is 1. The van der Waals surface area contributed by atoms with Crippen LogP contribution in [0.4, 0.5) is 4.39 Å². The van der Waals surface area contributed by atoms with Gasteiger partial charge in [-0.1, -0.05) is 19.1 Å². The molecular formula is C19H17FN2O4S. The van der Waals surface area contributed by atoms with E-state index in [1.165, 1.54) is 24.3 Å². The molecule has 1 aromatic heterocycles. The number of nitrogens with one attached hydrogen (secondary N) is 1. The summed E-state index contributed by atoms with van der Waals surface area (Å²) >= 11 is 1.11. The standard InChI is InChI=1S/C19H17FN2O4S/c1-2-13-7-8-14(26-13)9-16-18(25)22-19(27-16)21-15(10-17(23)24)11-3-5-12(20)6-4-11/h3-9,15H,2,10H2,1H3,(H,23,24)(H,21,22,25)/b16-9-/t15-/m1/s1. The zero-order valence-corrected chi connectivity index (χ0v) is 15.3. The van der Waals surface area contributed by atoms with Crippen molar-refractivity contribution in [1.29, 1.82) is 0 Å². The molecule has 0 radical (unpaired) electrons. The third kappa shape index (κ3) is 4.85. The van der Waals surface area contributed by atoms with Crippen LogP contribution in [-0.2, 0) is 16.0 Å². The van der Waals surface area contributed by atoms with E-state index in [0.717, 1.165) is 23.9 Å². The number of aliphatic imine (C=N–C) groups is 1. The Kier molecular flexibility index (Phi) is 5.75. The van der Waals surface area contributed by atoms with Crippen LogP contribution in [0.2, 0.25) is 0 Å². The molecule has 0 saturated carbocycles. The van der Waals surface area contributed by atoms with Crippen molar-refractivity contribution in [2.24, 2.45) is 4.99 Å². The summed E-state index contributed by atoms with van der Waals surface area (Å²) in [7, 11) is 0. The Morgan fingerprint density at radius 1 is 1.33 bits per heavy atom. The van der Waals surface area contributed by atoms with Crippen LogP contribution in [-0.4, -0.2) is 22.2 Å². The van der Waals surface area contributed by atoms with E-state index in [1.807, 2.05) is 13.0 Å². The summed E-state index contributed by atoms with van der Waals surface area (Å²) in [5.41, 5.74) is 0.553. The number of amides is 1. The number of amidine groups is 1. The topological polar surface area (TPSA) is 91.9 Å². The quantitative estimate of drug-likeness (QED) is 0.735. The van der Waals surface area contributed by atoms with Crippen molar-refractivity contribution in [3.05, 3.63) is 64.2 Å². The molecule has 1 atom stereocenters. The Balaban J connectivity index is 1.82. The van der Waals surface area contributed by atoms with E-state index in [4.69, 9.17) is 9.52 Å². The smallest absolute Gasteiger partial charge is 0.305 e. The van der Waals surface area contributed by atoms with E-state index >= 15 is 0 Å². The Bertz CT molecular complexity index is 918. The summed E-state index contributed by atoms with van der Waals surface area (Å²) in [5.74, 6) is -0.412. The fourth-order valence-corrected chi connectivity index (χ4v) is 3.36. The molecule has 1 saturated heterocycles. The molecule has 1 aliphatic heterocycles. The molecule has 2 heterocycles. The van der Waals surface area contributed by atoms with Gasteiger partial charge < -0.3 is 14.8 Å². The number of rotatable bonds is 6. The molecule has 1 aliphatic rings. The van der Waals surface area contributed by atoms with E-state index < -0.39 is 17.8 Å². The molecule has 0 bridgehead atoms. The molecule has 6 nitrogen and oxygen atoms in total. The molecule has 0 unspecified atom stereocenters. The SMILES string of the molecule is CCc1ccc(/C=C2\SC(=N[C@H](CC(=O)O)c3ccc(F)cc3)NC2=O)o1. The van der Waals surface area contributed by atoms with Crippen LogP contribution in [0.25, 0.3) is 6.08 Å². The van der Waals surface area contributed by atoms with Crippen LogP contribution in [0.5, 0.6) is 0 Å². The summed E-state index contributed by atoms with van der Waals surface area (Å²) in [6.07, 6.45) is 2.10. The highest BCUT2D eigenvalue weighted by Crippen LogP contribution is 2.30. The van der Waals surface area contributed by atoms with Gasteiger partial charge in [-0.15, -0.1) is 0 Å². The fraction of sp³-hybridized carbons (Fsp3) is 0.211. The lowest BCUT2D eigenvalue weighted by atomic mass is 10.0. The number of aryl methyl sites for hydroxylation is 1. The molecule has 140 valence electrons. The minimum atomic E-state index is -1.04. The Morgan fingerprint density at radius 3 is 2.70 bits per heavy atom. The zero-order chi connectivity index (χ0) is 19.4. The highest BCUT2D eigenvalue weighted by Gasteiger charge is 2.26. The average Bonchev–Trinajstić information content (AvgIpc) is 3.21. The van der Waals surface area contributed by atoms with Crippen molar-refractivity contribution >= 4 is 34.9 Å². The van der Waals surface area contributed by atoms with E-state index in [1.54, 1.807) is 12.1 Å². The lowest BCUT2D eigenvalue weighted by Crippen LogP contribution is -2.21. The molecule has 0 aliphatic carbocycles. The van der Waals surface area contributed by atoms with Crippen molar-refractivity contribution in [2.75, 3.05) is 0 Å². The van der Waals surface area contributed by atoms with Gasteiger partial charge in [-0.3, -0.25) is 14.6 Å². The second-order valence-corrected chi connectivity index (χ2v) is 6.85. The van der Waals surface area contributed by atoms with Gasteiger partial charge in [-0.05, 0) is 41.6 Å². The minimum Gasteiger partial charge on any atom is -0.481 e. The van der Waals surface area contributed by atoms with Crippen molar-refractivity contribution < 1.29 is 23.5 Å². The van der Waals surface area contributed by atoms with Crippen LogP contribution >= 0.6 is 11.8 Å². The maximum atomic E-state index is 13.1. The molecule has 27 heavy (non-hydrogen) atoms. The van der Waals surface area contributed by atoms with Gasteiger partial charge in [0, 0.05) is 12.5 Å². The van der Waals surface area contributed by atoms with Crippen LogP contribution in [0.15, 0.2) is 50.7 Å². The normalized spacial score (nSPS) is 18.1. The summed E-state index contributed by atoms with van der Waals surface area (Å²) in [5, 5.41) is 12.1. The summed E-state index contributed by atoms with van der Waals surface area (Å²) in [4.78, 5) is 28.1. The molecule has 0 spiro atoms. The first-order valence-electron chi connectivity index (χ1n) is 8.29. The molecule has 1 fully saturated rings. The number of hydrogen-bond donors (Lipinski definition) is 2. The third-order valence-corrected chi connectivity index (χ3v) is 4.77. The van der Waals surface area contributed by atoms with Gasteiger partial charge >= 0.3 is 5.97 Å². The third-order valence-electron chi connectivity index (χ3n) is 3.85. The van der Waals surface area contributed by atoms with E-state index in [-0.39, 0.29) is 12.3 Å². The van der Waals surface area contributed by atoms with Gasteiger partial charge in [0.25, 0.3) is 5.91 Å². The second kappa shape index (κ2) is 8.22. The number of carbonyl (C=O) groups is 2.